The van der Waals surface area contributed by atoms with Crippen LogP contribution in [0.1, 0.15) is 29.9 Å². The van der Waals surface area contributed by atoms with E-state index in [2.05, 4.69) is 66.0 Å². The Balaban J connectivity index is 1.58. The van der Waals surface area contributed by atoms with Gasteiger partial charge >= 0.3 is 0 Å². The Bertz CT molecular complexity index is 477. The zero-order valence-corrected chi connectivity index (χ0v) is 10.5. The second-order valence-corrected chi connectivity index (χ2v) is 5.07. The molecule has 3 rings (SSSR count). The number of nitrogens with one attached hydrogen (secondary N) is 1. The molecule has 0 aromatic heterocycles. The summed E-state index contributed by atoms with van der Waals surface area (Å²) in [6.45, 7) is 0.981. The first kappa shape index (κ1) is 11.5. The Morgan fingerprint density at radius 1 is 0.833 bits per heavy atom. The van der Waals surface area contributed by atoms with Gasteiger partial charge in [0, 0.05) is 12.6 Å². The van der Waals surface area contributed by atoms with Crippen molar-refractivity contribution >= 4 is 0 Å². The third kappa shape index (κ3) is 2.46. The summed E-state index contributed by atoms with van der Waals surface area (Å²) in [5.74, 6) is 0.704. The highest BCUT2D eigenvalue weighted by Gasteiger charge is 2.31. The molecule has 0 heterocycles. The van der Waals surface area contributed by atoms with Gasteiger partial charge in [0.25, 0.3) is 0 Å². The molecule has 1 saturated carbocycles. The summed E-state index contributed by atoms with van der Waals surface area (Å²) in [4.78, 5) is 0. The van der Waals surface area contributed by atoms with Gasteiger partial charge in [-0.1, -0.05) is 60.7 Å². The van der Waals surface area contributed by atoms with Crippen molar-refractivity contribution in [1.29, 1.82) is 0 Å². The molecule has 0 aliphatic heterocycles. The lowest BCUT2D eigenvalue weighted by Crippen LogP contribution is -2.41. The highest BCUT2D eigenvalue weighted by molar-refractivity contribution is 5.24. The van der Waals surface area contributed by atoms with Gasteiger partial charge in [0.2, 0.25) is 0 Å². The quantitative estimate of drug-likeness (QED) is 0.854. The largest absolute Gasteiger partial charge is 0.309 e. The maximum Gasteiger partial charge on any atom is 0.0208 e. The van der Waals surface area contributed by atoms with Crippen molar-refractivity contribution in [2.75, 3.05) is 0 Å². The van der Waals surface area contributed by atoms with E-state index in [0.717, 1.165) is 6.54 Å². The van der Waals surface area contributed by atoms with Gasteiger partial charge < -0.3 is 5.32 Å². The van der Waals surface area contributed by atoms with Crippen LogP contribution in [0.25, 0.3) is 0 Å². The van der Waals surface area contributed by atoms with Crippen molar-refractivity contribution < 1.29 is 0 Å². The van der Waals surface area contributed by atoms with Gasteiger partial charge in [0.1, 0.15) is 0 Å². The van der Waals surface area contributed by atoms with E-state index < -0.39 is 0 Å². The van der Waals surface area contributed by atoms with Crippen LogP contribution in [0.5, 0.6) is 0 Å². The van der Waals surface area contributed by atoms with Gasteiger partial charge in [-0.2, -0.15) is 0 Å². The average Bonchev–Trinajstić information content (AvgIpc) is 2.40. The summed E-state index contributed by atoms with van der Waals surface area (Å²) in [6.07, 6.45) is 2.61. The fraction of sp³-hybridized carbons (Fsp3) is 0.294. The monoisotopic (exact) mass is 237 g/mol. The van der Waals surface area contributed by atoms with E-state index in [9.17, 15) is 0 Å². The van der Waals surface area contributed by atoms with Crippen molar-refractivity contribution in [3.63, 3.8) is 0 Å². The molecule has 1 nitrogen and oxygen atoms in total. The molecular formula is C17H19N. The topological polar surface area (TPSA) is 12.0 Å². The first-order valence-corrected chi connectivity index (χ1v) is 6.76. The number of benzene rings is 2. The van der Waals surface area contributed by atoms with Gasteiger partial charge in [0.05, 0.1) is 0 Å². The van der Waals surface area contributed by atoms with E-state index in [4.69, 9.17) is 0 Å². The van der Waals surface area contributed by atoms with Crippen LogP contribution >= 0.6 is 0 Å². The number of hydrogen-bond donors (Lipinski definition) is 1. The summed E-state index contributed by atoms with van der Waals surface area (Å²) in [5, 5.41) is 3.68. The lowest BCUT2D eigenvalue weighted by atomic mass is 9.75. The number of rotatable bonds is 4. The molecule has 1 aliphatic carbocycles. The zero-order valence-electron chi connectivity index (χ0n) is 10.5. The van der Waals surface area contributed by atoms with Gasteiger partial charge in [-0.05, 0) is 29.9 Å². The second kappa shape index (κ2) is 5.36. The van der Waals surface area contributed by atoms with Crippen molar-refractivity contribution in [1.82, 2.24) is 5.32 Å². The Hall–Kier alpha value is -1.60. The van der Waals surface area contributed by atoms with Crippen LogP contribution in [0.4, 0.5) is 0 Å². The van der Waals surface area contributed by atoms with Gasteiger partial charge in [-0.3, -0.25) is 0 Å². The molecule has 2 aromatic carbocycles. The van der Waals surface area contributed by atoms with Crippen molar-refractivity contribution in [2.24, 2.45) is 0 Å². The average molecular weight is 237 g/mol. The van der Waals surface area contributed by atoms with Crippen LogP contribution in [0.2, 0.25) is 0 Å². The van der Waals surface area contributed by atoms with Crippen LogP contribution in [0, 0.1) is 0 Å². The molecule has 0 radical (unpaired) electrons. The molecular weight excluding hydrogens is 218 g/mol. The lowest BCUT2D eigenvalue weighted by Gasteiger charge is -2.38. The van der Waals surface area contributed by atoms with E-state index in [1.807, 2.05) is 0 Å². The molecule has 2 atom stereocenters. The smallest absolute Gasteiger partial charge is 0.0208 e. The predicted octanol–water partition coefficient (Wildman–Crippen LogP) is 3.72. The summed E-state index contributed by atoms with van der Waals surface area (Å²) in [7, 11) is 0. The first-order valence-electron chi connectivity index (χ1n) is 6.76. The molecule has 18 heavy (non-hydrogen) atoms. The molecule has 2 aromatic rings. The Morgan fingerprint density at radius 3 is 2.11 bits per heavy atom. The van der Waals surface area contributed by atoms with Gasteiger partial charge in [-0.25, -0.2) is 0 Å². The van der Waals surface area contributed by atoms with Gasteiger partial charge in [-0.15, -0.1) is 0 Å². The Labute approximate surface area is 109 Å². The summed E-state index contributed by atoms with van der Waals surface area (Å²) >= 11 is 0. The van der Waals surface area contributed by atoms with Crippen LogP contribution in [0.15, 0.2) is 60.7 Å². The molecule has 0 amide bonds. The van der Waals surface area contributed by atoms with E-state index in [1.54, 1.807) is 0 Å². The standard InChI is InChI=1S/C17H19N/c1-3-7-14(8-4-1)13-18-17-12-11-16(17)15-9-5-2-6-10-15/h1-10,16-18H,11-13H2/t16-,17-/m0/s1. The van der Waals surface area contributed by atoms with E-state index in [-0.39, 0.29) is 0 Å². The molecule has 1 N–H and O–H groups in total. The Morgan fingerprint density at radius 2 is 1.50 bits per heavy atom. The molecule has 1 aliphatic rings. The maximum atomic E-state index is 3.68. The SMILES string of the molecule is c1ccc(CN[C@H]2CC[C@H]2c2ccccc2)cc1. The van der Waals surface area contributed by atoms with Gasteiger partial charge in [0.15, 0.2) is 0 Å². The van der Waals surface area contributed by atoms with Crippen LogP contribution in [0.3, 0.4) is 0 Å². The Kier molecular flexibility index (Phi) is 3.42. The fourth-order valence-corrected chi connectivity index (χ4v) is 2.69. The highest BCUT2D eigenvalue weighted by Crippen LogP contribution is 2.36. The van der Waals surface area contributed by atoms with Crippen LogP contribution < -0.4 is 5.32 Å². The second-order valence-electron chi connectivity index (χ2n) is 5.07. The minimum absolute atomic E-state index is 0.646. The van der Waals surface area contributed by atoms with Crippen LogP contribution in [-0.2, 0) is 6.54 Å². The summed E-state index contributed by atoms with van der Waals surface area (Å²) < 4.78 is 0. The van der Waals surface area contributed by atoms with Crippen LogP contribution in [-0.4, -0.2) is 6.04 Å². The fourth-order valence-electron chi connectivity index (χ4n) is 2.69. The third-order valence-electron chi connectivity index (χ3n) is 3.91. The minimum Gasteiger partial charge on any atom is -0.309 e. The molecule has 0 unspecified atom stereocenters. The third-order valence-corrected chi connectivity index (χ3v) is 3.91. The van der Waals surface area contributed by atoms with Crippen molar-refractivity contribution in [3.8, 4) is 0 Å². The molecule has 1 heteroatoms. The maximum absolute atomic E-state index is 3.68. The van der Waals surface area contributed by atoms with E-state index in [1.165, 1.54) is 24.0 Å². The molecule has 0 spiro atoms. The molecule has 1 fully saturated rings. The van der Waals surface area contributed by atoms with Crippen molar-refractivity contribution in [2.45, 2.75) is 31.3 Å². The lowest BCUT2D eigenvalue weighted by molar-refractivity contribution is 0.282. The molecule has 92 valence electrons. The van der Waals surface area contributed by atoms with Crippen molar-refractivity contribution in [3.05, 3.63) is 71.8 Å². The van der Waals surface area contributed by atoms with E-state index in [0.29, 0.717) is 12.0 Å². The molecule has 0 bridgehead atoms. The zero-order chi connectivity index (χ0) is 12.2. The highest BCUT2D eigenvalue weighted by atomic mass is 14.9. The normalized spacial score (nSPS) is 22.4. The summed E-state index contributed by atoms with van der Waals surface area (Å²) in [6, 6.07) is 22.2. The summed E-state index contributed by atoms with van der Waals surface area (Å²) in [5.41, 5.74) is 2.85. The number of hydrogen-bond acceptors (Lipinski definition) is 1. The first-order chi connectivity index (χ1) is 8.93. The molecule has 0 saturated heterocycles. The van der Waals surface area contributed by atoms with E-state index >= 15 is 0 Å². The predicted molar refractivity (Wildman–Crippen MR) is 75.5 cm³/mol. The minimum atomic E-state index is 0.646.